The van der Waals surface area contributed by atoms with E-state index in [-0.39, 0.29) is 194 Å². The molecule has 0 aromatic carbocycles. The number of hydrogen-bond acceptors (Lipinski definition) is 27. The molecule has 674 valence electrons. The van der Waals surface area contributed by atoms with Crippen molar-refractivity contribution >= 4 is 52.5 Å². The van der Waals surface area contributed by atoms with Crippen molar-refractivity contribution in [2.24, 2.45) is 71.0 Å². The largest absolute Gasteiger partial charge is 0.462 e. The molecule has 0 bridgehead atoms. The molecule has 1 unspecified atom stereocenters. The summed E-state index contributed by atoms with van der Waals surface area (Å²) in [6.45, 7) is 17.4. The molecule has 29 heteroatoms. The van der Waals surface area contributed by atoms with Gasteiger partial charge in [-0.3, -0.25) is 23.4 Å². The zero-order valence-electron chi connectivity index (χ0n) is 74.8. The molecule has 6 saturated heterocycles. The van der Waals surface area contributed by atoms with Crippen LogP contribution in [-0.2, 0) is 119 Å². The van der Waals surface area contributed by atoms with Crippen LogP contribution in [0.1, 0.15) is 185 Å². The SMILES string of the molecule is CCS(=O)CCSP(=O)(OC)OC.CC[C@H]1CCC[C@H](O[C@H]2CC[C@H](N(C)C)[C@@H](C)O2)[C@@H](C)C(=O)C2=C[C@@H]3[C@@H](C=C(C)[C@@H]4C[C@@H](O[C@@H]5O[C@@H](C)[C@H](OC)[C@@H](OC)[C@H]5OC)C[C@@H]34)[C@@H]2CC(=O)O1.CC[C@H]1CCC[C@H](O[C@H]2CC[C@H](N(C)C)[C@@H](C)O2)[C@@H](C)C(=O)C2=C[C@@H]3[C@@H](C=C[C@@H]4C[C@@H](O[C@@H]5O[C@@H](C)[C@H](OC)[C@@H](OC)[C@H]5OC)C[C@@H]34)[C@@H]2CC(=O)O1. The van der Waals surface area contributed by atoms with Crippen LogP contribution >= 0.6 is 18.2 Å². The second-order valence-electron chi connectivity index (χ2n) is 35.5. The summed E-state index contributed by atoms with van der Waals surface area (Å²) in [4.78, 5) is 60.9. The molecule has 118 heavy (non-hydrogen) atoms. The van der Waals surface area contributed by atoms with E-state index in [1.165, 1.54) is 19.8 Å². The molecule has 0 amide bonds. The predicted octanol–water partition coefficient (Wildman–Crippen LogP) is 13.3. The summed E-state index contributed by atoms with van der Waals surface area (Å²) < 4.78 is 131. The van der Waals surface area contributed by atoms with E-state index in [1.54, 1.807) is 42.7 Å². The lowest BCUT2D eigenvalue weighted by molar-refractivity contribution is -0.314. The third-order valence-electron chi connectivity index (χ3n) is 28.2. The number of likely N-dealkylation sites (N-methyl/N-ethyl adjacent to an activating group) is 2. The molecular formula is C89H147N2O24PS2. The summed E-state index contributed by atoms with van der Waals surface area (Å²) in [5.41, 5.74) is 2.84. The smallest absolute Gasteiger partial charge is 0.388 e. The number of carbonyl (C=O) groups excluding carboxylic acids is 4. The Kier molecular flexibility index (Phi) is 37.2. The van der Waals surface area contributed by atoms with Crippen molar-refractivity contribution < 1.29 is 113 Å². The fourth-order valence-electron chi connectivity index (χ4n) is 21.7. The average Bonchev–Trinajstić information content (AvgIpc) is 1.58. The number of nitrogens with zero attached hydrogens (tertiary/aromatic N) is 2. The van der Waals surface area contributed by atoms with Gasteiger partial charge in [0.05, 0.1) is 61.7 Å². The summed E-state index contributed by atoms with van der Waals surface area (Å²) in [6, 6.07) is 0.676. The van der Waals surface area contributed by atoms with E-state index < -0.39 is 42.4 Å². The maximum absolute atomic E-state index is 14.7. The van der Waals surface area contributed by atoms with E-state index >= 15 is 0 Å². The molecule has 12 aliphatic rings. The van der Waals surface area contributed by atoms with Crippen molar-refractivity contribution in [2.75, 3.05) is 102 Å². The van der Waals surface area contributed by atoms with E-state index in [4.69, 9.17) is 84.8 Å². The fraction of sp³-hybridized carbons (Fsp3) is 0.865. The van der Waals surface area contributed by atoms with Crippen LogP contribution in [0.15, 0.2) is 47.1 Å². The highest BCUT2D eigenvalue weighted by Gasteiger charge is 2.57. The maximum Gasteiger partial charge on any atom is 0.388 e. The van der Waals surface area contributed by atoms with Crippen LogP contribution in [0.25, 0.3) is 0 Å². The van der Waals surface area contributed by atoms with Crippen LogP contribution in [0.3, 0.4) is 0 Å². The van der Waals surface area contributed by atoms with Crippen LogP contribution in [0, 0.1) is 71.0 Å². The van der Waals surface area contributed by atoms with Crippen LogP contribution in [-0.4, -0.2) is 275 Å². The number of esters is 2. The minimum atomic E-state index is -2.97. The van der Waals surface area contributed by atoms with Crippen molar-refractivity contribution in [3.05, 3.63) is 47.1 Å². The topological polar surface area (TPSA) is 275 Å². The fourth-order valence-corrected chi connectivity index (χ4v) is 25.6. The molecule has 26 nitrogen and oxygen atoms in total. The summed E-state index contributed by atoms with van der Waals surface area (Å²) >= 11 is 1.09. The van der Waals surface area contributed by atoms with Crippen LogP contribution in [0.4, 0.5) is 0 Å². The number of carbonyl (C=O) groups is 4. The Morgan fingerprint density at radius 3 is 1.35 bits per heavy atom. The Morgan fingerprint density at radius 1 is 0.483 bits per heavy atom. The first kappa shape index (κ1) is 97.4. The number of Topliss-reactive ketones (excluding diaryl/α,β-unsaturated/α-hetero) is 2. The summed E-state index contributed by atoms with van der Waals surface area (Å²) in [5.74, 6) is 1.71. The maximum atomic E-state index is 14.7. The molecular weight excluding hydrogens is 1580 g/mol. The highest BCUT2D eigenvalue weighted by Crippen LogP contribution is 2.60. The standard InChI is InChI=1S/C42H67NO10.C41H65NO10.C6H15O4PS2/c1-11-26-13-12-14-35(53-37-16-15-34(43(6)7)24(4)49-37)23(3)38(45)33-20-31-29(32(33)21-36(44)51-26)17-22(2)28-18-27(19-30(28)31)52-42-41(48-10)40(47-9)39(46-8)25(5)50-42;1-10-26-12-11-13-34(52-36-17-16-33(42(5)6)23(3)48-36)22(2)37(44)32-20-30-28(31(32)21-35(43)50-26)15-14-25-18-27(19-29(25)30)51-41-40(47-9)39(46-8)38(45-7)24(4)49-41;1-4-13(8)6-5-12-11(7,9-2)10-3/h17,20,23-32,34-35,37,39-42H,11-16,18-19,21H2,1-10H3;14-15,20,22-31,33-34,36,38-41H,10-13,16-19,21H2,1-9H3;4-6H2,1-3H3/t23-,24-,25+,26+,27-,28+,29-,30-,31-,32+,34+,35+,37+,39+,40-,41-,42+;22-,23-,24+,25-,26+,27-,28-,29-,30-,31+,33+,34+,36+,38+,39-,40-,41+;/m11./s1. The second-order valence-corrected chi connectivity index (χ2v) is 41.8. The minimum Gasteiger partial charge on any atom is -0.462 e. The first-order chi connectivity index (χ1) is 56.4. The summed E-state index contributed by atoms with van der Waals surface area (Å²) in [5, 5.41) is 0. The minimum absolute atomic E-state index is 0.0364. The Morgan fingerprint density at radius 2 is 0.924 bits per heavy atom. The molecule has 2 saturated carbocycles. The van der Waals surface area contributed by atoms with Gasteiger partial charge >= 0.3 is 18.7 Å². The van der Waals surface area contributed by atoms with Gasteiger partial charge in [-0.2, -0.15) is 0 Å². The number of rotatable bonds is 25. The van der Waals surface area contributed by atoms with E-state index in [1.807, 2.05) is 34.6 Å². The summed E-state index contributed by atoms with van der Waals surface area (Å²) in [6.07, 6.45) is 19.4. The normalized spacial score (nSPS) is 42.1. The van der Waals surface area contributed by atoms with Crippen LogP contribution in [0.2, 0.25) is 0 Å². The molecule has 6 aliphatic carbocycles. The number of fused-ring (bicyclic) bond motifs is 10. The zero-order chi connectivity index (χ0) is 85.7. The Bertz CT molecular complexity index is 3430. The van der Waals surface area contributed by atoms with Gasteiger partial charge < -0.3 is 94.6 Å². The predicted molar refractivity (Wildman–Crippen MR) is 451 cm³/mol. The zero-order valence-corrected chi connectivity index (χ0v) is 77.3. The van der Waals surface area contributed by atoms with Gasteiger partial charge in [0.2, 0.25) is 0 Å². The number of hydrogen-bond donors (Lipinski definition) is 0. The van der Waals surface area contributed by atoms with Crippen molar-refractivity contribution in [1.82, 2.24) is 9.80 Å². The highest BCUT2D eigenvalue weighted by atomic mass is 32.7. The third kappa shape index (κ3) is 23.3. The van der Waals surface area contributed by atoms with E-state index in [0.717, 1.165) is 112 Å². The molecule has 6 heterocycles. The molecule has 8 fully saturated rings. The number of allylic oxidation sites excluding steroid dienone is 8. The van der Waals surface area contributed by atoms with E-state index in [2.05, 4.69) is 103 Å². The van der Waals surface area contributed by atoms with Crippen molar-refractivity contribution in [3.8, 4) is 0 Å². The van der Waals surface area contributed by atoms with Gasteiger partial charge in [-0.05, 0) is 235 Å². The van der Waals surface area contributed by atoms with Crippen molar-refractivity contribution in [3.63, 3.8) is 0 Å². The van der Waals surface area contributed by atoms with Crippen LogP contribution < -0.4 is 0 Å². The molecule has 12 rings (SSSR count). The lowest BCUT2D eigenvalue weighted by Crippen LogP contribution is -2.59. The first-order valence-corrected chi connectivity index (χ1v) is 48.8. The van der Waals surface area contributed by atoms with Gasteiger partial charge in [-0.1, -0.05) is 70.6 Å². The monoisotopic (exact) mass is 1720 g/mol. The number of ketones is 2. The van der Waals surface area contributed by atoms with E-state index in [0.29, 0.717) is 54.0 Å². The molecule has 0 aromatic heterocycles. The molecule has 6 aliphatic heterocycles. The Labute approximate surface area is 711 Å². The quantitative estimate of drug-likeness (QED) is 0.0466. The Hall–Kier alpha value is -2.75. The van der Waals surface area contributed by atoms with Gasteiger partial charge in [0.1, 0.15) is 48.8 Å². The van der Waals surface area contributed by atoms with Gasteiger partial charge in [0.25, 0.3) is 0 Å². The first-order valence-electron chi connectivity index (χ1n) is 44.1. The van der Waals surface area contributed by atoms with Gasteiger partial charge in [0, 0.05) is 121 Å². The van der Waals surface area contributed by atoms with Crippen molar-refractivity contribution in [1.29, 1.82) is 0 Å². The number of methoxy groups -OCH3 is 6. The molecule has 0 radical (unpaired) electrons. The second kappa shape index (κ2) is 45.1. The number of cyclic esters (lactones) is 2. The van der Waals surface area contributed by atoms with Crippen LogP contribution in [0.5, 0.6) is 0 Å². The Balaban J connectivity index is 0.000000216. The lowest BCUT2D eigenvalue weighted by atomic mass is 9.67. The molecule has 35 atom stereocenters. The molecule has 0 aromatic rings. The van der Waals surface area contributed by atoms with Gasteiger partial charge in [0.15, 0.2) is 36.7 Å². The lowest BCUT2D eigenvalue weighted by Gasteiger charge is -2.44. The van der Waals surface area contributed by atoms with E-state index in [9.17, 15) is 28.0 Å². The highest BCUT2D eigenvalue weighted by molar-refractivity contribution is 8.55. The molecule has 0 spiro atoms. The number of ether oxygens (including phenoxy) is 16. The van der Waals surface area contributed by atoms with Crippen molar-refractivity contribution in [2.45, 2.75) is 320 Å². The molecule has 0 N–H and O–H groups in total. The average molecular weight is 1720 g/mol. The van der Waals surface area contributed by atoms with Gasteiger partial charge in [-0.15, -0.1) is 0 Å². The third-order valence-corrected chi connectivity index (χ3v) is 33.8. The summed E-state index contributed by atoms with van der Waals surface area (Å²) in [7, 11) is 20.2. The van der Waals surface area contributed by atoms with Gasteiger partial charge in [-0.25, -0.2) is 4.57 Å².